The predicted molar refractivity (Wildman–Crippen MR) is 45.9 cm³/mol. The van der Waals surface area contributed by atoms with Crippen molar-refractivity contribution >= 4 is 58.7 Å². The average Bonchev–Trinajstić information content (AvgIpc) is 1.12. The third-order valence-electron chi connectivity index (χ3n) is 0. The molecule has 10 heavy (non-hydrogen) atoms. The molecular weight excluding hydrogens is 265 g/mol. The second-order valence-corrected chi connectivity index (χ2v) is 10.8. The Balaban J connectivity index is 0. The Labute approximate surface area is 77.8 Å². The summed E-state index contributed by atoms with van der Waals surface area (Å²) in [6, 6.07) is 0. The first kappa shape index (κ1) is 13.9. The van der Waals surface area contributed by atoms with Crippen molar-refractivity contribution in [3.63, 3.8) is 0 Å². The lowest BCUT2D eigenvalue weighted by molar-refractivity contribution is 0.600. The molecule has 0 fully saturated rings. The van der Waals surface area contributed by atoms with Crippen molar-refractivity contribution < 1.29 is 13.0 Å². The molecule has 0 aromatic rings. The van der Waals surface area contributed by atoms with Gasteiger partial charge in [-0.25, -0.2) is 8.42 Å². The minimum Gasteiger partial charge on any atom is -0.271 e. The molecule has 0 aromatic carbocycles. The first-order valence-corrected chi connectivity index (χ1v) is 8.73. The molecule has 0 saturated heterocycles. The van der Waals surface area contributed by atoms with Crippen molar-refractivity contribution in [3.05, 3.63) is 0 Å². The zero-order valence-corrected chi connectivity index (χ0v) is 9.33. The number of hydrogen-bond acceptors (Lipinski definition) is 3. The van der Waals surface area contributed by atoms with Gasteiger partial charge >= 0.3 is 5.20 Å². The summed E-state index contributed by atoms with van der Waals surface area (Å²) >= 11 is 13.8. The van der Waals surface area contributed by atoms with Gasteiger partial charge in [0.05, 0.1) is 6.26 Å². The summed E-state index contributed by atoms with van der Waals surface area (Å²) in [5, 5.41) is -3.22. The zero-order valence-electron chi connectivity index (χ0n) is 4.59. The van der Waals surface area contributed by atoms with Gasteiger partial charge in [0.1, 0.15) is 0 Å². The van der Waals surface area contributed by atoms with Crippen LogP contribution >= 0.6 is 49.6 Å². The average molecular weight is 268 g/mol. The molecule has 0 aliphatic rings. The van der Waals surface area contributed by atoms with Crippen LogP contribution in [0.3, 0.4) is 0 Å². The Morgan fingerprint density at radius 3 is 1.20 bits per heavy atom. The third-order valence-corrected chi connectivity index (χ3v) is 0. The molecule has 0 aliphatic carbocycles. The van der Waals surface area contributed by atoms with E-state index in [0.29, 0.717) is 0 Å². The molecule has 0 rings (SSSR count). The molecule has 0 radical (unpaired) electrons. The fraction of sp³-hybridized carbons (Fsp3) is 1.00. The molecule has 0 amide bonds. The van der Waals surface area contributed by atoms with E-state index in [4.69, 9.17) is 0 Å². The SMILES string of the molecule is CS(=O)(=O)Cl.O=P(Cl)(Cl)Cl. The van der Waals surface area contributed by atoms with Crippen molar-refractivity contribution in [2.75, 3.05) is 6.26 Å². The molecule has 0 saturated carbocycles. The maximum Gasteiger partial charge on any atom is 0.339 e. The van der Waals surface area contributed by atoms with Crippen LogP contribution in [0.15, 0.2) is 0 Å². The quantitative estimate of drug-likeness (QED) is 0.501. The third kappa shape index (κ3) is 362. The summed E-state index contributed by atoms with van der Waals surface area (Å²) in [5.41, 5.74) is 0. The second-order valence-electron chi connectivity index (χ2n) is 1.08. The maximum absolute atomic E-state index is 9.51. The zero-order chi connectivity index (χ0) is 9.00. The van der Waals surface area contributed by atoms with Gasteiger partial charge in [0.25, 0.3) is 0 Å². The Hall–Kier alpha value is 1.34. The van der Waals surface area contributed by atoms with Gasteiger partial charge in [-0.3, -0.25) is 4.57 Å². The highest BCUT2D eigenvalue weighted by atomic mass is 36.0. The first-order valence-electron chi connectivity index (χ1n) is 1.59. The van der Waals surface area contributed by atoms with Crippen molar-refractivity contribution in [2.45, 2.75) is 0 Å². The second kappa shape index (κ2) is 5.07. The van der Waals surface area contributed by atoms with Crippen molar-refractivity contribution in [2.24, 2.45) is 0 Å². The summed E-state index contributed by atoms with van der Waals surface area (Å²) in [5.74, 6) is 0. The first-order chi connectivity index (χ1) is 4.00. The summed E-state index contributed by atoms with van der Waals surface area (Å²) in [6.07, 6.45) is 0.925. The van der Waals surface area contributed by atoms with E-state index in [-0.39, 0.29) is 0 Å². The van der Waals surface area contributed by atoms with Gasteiger partial charge in [0.2, 0.25) is 9.05 Å². The Morgan fingerprint density at radius 1 is 1.20 bits per heavy atom. The van der Waals surface area contributed by atoms with Crippen LogP contribution in [0.25, 0.3) is 0 Å². The molecule has 9 heteroatoms. The van der Waals surface area contributed by atoms with Crippen molar-refractivity contribution in [3.8, 4) is 0 Å². The highest BCUT2D eigenvalue weighted by Crippen LogP contribution is 2.61. The number of rotatable bonds is 0. The molecule has 64 valence electrons. The summed E-state index contributed by atoms with van der Waals surface area (Å²) in [4.78, 5) is 0. The van der Waals surface area contributed by atoms with Crippen LogP contribution < -0.4 is 0 Å². The lowest BCUT2D eigenvalue weighted by Crippen LogP contribution is -1.76. The van der Waals surface area contributed by atoms with Gasteiger partial charge in [-0.1, -0.05) is 0 Å². The normalized spacial score (nSPS) is 11.7. The van der Waals surface area contributed by atoms with Gasteiger partial charge in [0.15, 0.2) is 0 Å². The maximum atomic E-state index is 9.51. The molecule has 0 aromatic heterocycles. The highest BCUT2D eigenvalue weighted by molar-refractivity contribution is 8.24. The monoisotopic (exact) mass is 266 g/mol. The van der Waals surface area contributed by atoms with Crippen LogP contribution in [0.1, 0.15) is 0 Å². The molecule has 0 N–H and O–H groups in total. The van der Waals surface area contributed by atoms with Gasteiger partial charge < -0.3 is 0 Å². The molecule has 0 aliphatic heterocycles. The van der Waals surface area contributed by atoms with Gasteiger partial charge in [-0.15, -0.1) is 0 Å². The van der Waals surface area contributed by atoms with Crippen LogP contribution in [0.2, 0.25) is 0 Å². The van der Waals surface area contributed by atoms with Gasteiger partial charge in [-0.05, 0) is 33.7 Å². The Bertz CT molecular complexity index is 198. The largest absolute Gasteiger partial charge is 0.339 e. The van der Waals surface area contributed by atoms with Crippen LogP contribution in [-0.4, -0.2) is 14.7 Å². The van der Waals surface area contributed by atoms with E-state index in [0.717, 1.165) is 6.26 Å². The molecule has 0 heterocycles. The predicted octanol–water partition coefficient (Wildman–Crippen LogP) is 3.00. The Kier molecular flexibility index (Phi) is 7.04. The van der Waals surface area contributed by atoms with E-state index in [9.17, 15) is 13.0 Å². The van der Waals surface area contributed by atoms with Crippen LogP contribution in [0.5, 0.6) is 0 Å². The van der Waals surface area contributed by atoms with E-state index < -0.39 is 14.3 Å². The van der Waals surface area contributed by atoms with E-state index in [1.807, 2.05) is 0 Å². The topological polar surface area (TPSA) is 51.2 Å². The van der Waals surface area contributed by atoms with Crippen molar-refractivity contribution in [1.29, 1.82) is 0 Å². The molecule has 0 bridgehead atoms. The number of halogens is 4. The van der Waals surface area contributed by atoms with E-state index >= 15 is 0 Å². The fourth-order valence-corrected chi connectivity index (χ4v) is 0. The van der Waals surface area contributed by atoms with Gasteiger partial charge in [0, 0.05) is 10.7 Å². The van der Waals surface area contributed by atoms with Gasteiger partial charge in [-0.2, -0.15) is 0 Å². The van der Waals surface area contributed by atoms with Crippen LogP contribution in [0.4, 0.5) is 0 Å². The van der Waals surface area contributed by atoms with Crippen LogP contribution in [0, 0.1) is 0 Å². The smallest absolute Gasteiger partial charge is 0.271 e. The molecular formula is CH3Cl4O3PS. The summed E-state index contributed by atoms with van der Waals surface area (Å²) in [6.45, 7) is 0. The van der Waals surface area contributed by atoms with E-state index in [2.05, 4.69) is 44.4 Å². The Morgan fingerprint density at radius 2 is 1.20 bits per heavy atom. The van der Waals surface area contributed by atoms with E-state index in [1.54, 1.807) is 0 Å². The van der Waals surface area contributed by atoms with E-state index in [1.165, 1.54) is 0 Å². The lowest BCUT2D eigenvalue weighted by Gasteiger charge is -1.74. The number of hydrogen-bond donors (Lipinski definition) is 0. The molecule has 3 nitrogen and oxygen atoms in total. The lowest BCUT2D eigenvalue weighted by atomic mass is 12.0. The van der Waals surface area contributed by atoms with Crippen molar-refractivity contribution in [1.82, 2.24) is 0 Å². The summed E-state index contributed by atoms with van der Waals surface area (Å²) in [7, 11) is 1.31. The molecule has 0 unspecified atom stereocenters. The highest BCUT2D eigenvalue weighted by Gasteiger charge is 2.02. The van der Waals surface area contributed by atoms with Crippen LogP contribution in [-0.2, 0) is 13.6 Å². The minimum atomic E-state index is -3.22. The molecule has 0 spiro atoms. The fourth-order valence-electron chi connectivity index (χ4n) is 0. The molecule has 0 atom stereocenters. The summed E-state index contributed by atoms with van der Waals surface area (Å²) < 4.78 is 28.3. The minimum absolute atomic E-state index is 0.925. The standard InChI is InChI=1S/CH3ClO2S.Cl3OP/c2*1-5(2,3)4/h1H3;.